The molecule has 0 fully saturated rings. The first-order chi connectivity index (χ1) is 10.4. The van der Waals surface area contributed by atoms with E-state index in [4.69, 9.17) is 0 Å². The molecule has 0 saturated heterocycles. The van der Waals surface area contributed by atoms with E-state index >= 15 is 0 Å². The maximum atomic E-state index is 4.51. The summed E-state index contributed by atoms with van der Waals surface area (Å²) < 4.78 is 2.00. The van der Waals surface area contributed by atoms with Gasteiger partial charge in [0.2, 0.25) is 0 Å². The molecule has 0 aliphatic carbocycles. The summed E-state index contributed by atoms with van der Waals surface area (Å²) in [4.78, 5) is 4.51. The number of rotatable bonds is 4. The van der Waals surface area contributed by atoms with Crippen LogP contribution in [-0.2, 0) is 7.05 Å². The largest absolute Gasteiger partial charge is 0.374 e. The van der Waals surface area contributed by atoms with Crippen LogP contribution in [-0.4, -0.2) is 30.2 Å². The third-order valence-electron chi connectivity index (χ3n) is 3.54. The number of anilines is 1. The Morgan fingerprint density at radius 2 is 2.18 bits per heavy atom. The summed E-state index contributed by atoms with van der Waals surface area (Å²) in [6.07, 6.45) is 4.74. The van der Waals surface area contributed by atoms with Crippen LogP contribution in [0, 0.1) is 5.41 Å². The number of H-pyrrole nitrogens is 1. The number of fused-ring (bicyclic) bond motifs is 1. The van der Waals surface area contributed by atoms with Crippen molar-refractivity contribution >= 4 is 16.7 Å². The van der Waals surface area contributed by atoms with Crippen LogP contribution >= 0.6 is 0 Å². The molecule has 3 rings (SSSR count). The molecule has 7 nitrogen and oxygen atoms in total. The van der Waals surface area contributed by atoms with E-state index in [2.05, 4.69) is 63.8 Å². The van der Waals surface area contributed by atoms with Crippen molar-refractivity contribution in [2.75, 3.05) is 5.32 Å². The predicted octanol–water partition coefficient (Wildman–Crippen LogP) is 2.68. The summed E-state index contributed by atoms with van der Waals surface area (Å²) >= 11 is 0. The Bertz CT molecular complexity index is 752. The van der Waals surface area contributed by atoms with Crippen molar-refractivity contribution in [2.45, 2.75) is 33.2 Å². The first-order valence-electron chi connectivity index (χ1n) is 7.33. The molecule has 3 aromatic rings. The lowest BCUT2D eigenvalue weighted by molar-refractivity contribution is 0.347. The van der Waals surface area contributed by atoms with Crippen LogP contribution in [0.2, 0.25) is 0 Å². The van der Waals surface area contributed by atoms with Crippen LogP contribution in [0.4, 0.5) is 5.69 Å². The fourth-order valence-corrected chi connectivity index (χ4v) is 2.57. The van der Waals surface area contributed by atoms with Crippen LogP contribution in [0.1, 0.15) is 39.1 Å². The van der Waals surface area contributed by atoms with Crippen molar-refractivity contribution in [2.24, 2.45) is 12.5 Å². The van der Waals surface area contributed by atoms with Crippen LogP contribution in [0.3, 0.4) is 0 Å². The summed E-state index contributed by atoms with van der Waals surface area (Å²) in [5.74, 6) is 0.670. The molecule has 0 radical (unpaired) electrons. The Kier molecular flexibility index (Phi) is 3.56. The van der Waals surface area contributed by atoms with Gasteiger partial charge in [0.1, 0.15) is 5.65 Å². The summed E-state index contributed by atoms with van der Waals surface area (Å²) in [7, 11) is 1.99. The van der Waals surface area contributed by atoms with Gasteiger partial charge in [-0.3, -0.25) is 0 Å². The number of aromatic nitrogens is 6. The monoisotopic (exact) mass is 299 g/mol. The molecule has 3 heterocycles. The highest BCUT2D eigenvalue weighted by molar-refractivity contribution is 5.79. The molecule has 0 bridgehead atoms. The lowest BCUT2D eigenvalue weighted by Crippen LogP contribution is -2.20. The van der Waals surface area contributed by atoms with Gasteiger partial charge in [-0.25, -0.2) is 4.98 Å². The van der Waals surface area contributed by atoms with Crippen molar-refractivity contribution in [3.8, 4) is 0 Å². The van der Waals surface area contributed by atoms with Gasteiger partial charge < -0.3 is 9.88 Å². The van der Waals surface area contributed by atoms with Gasteiger partial charge in [-0.05, 0) is 24.0 Å². The number of nitrogens with one attached hydrogen (secondary N) is 2. The van der Waals surface area contributed by atoms with Gasteiger partial charge >= 0.3 is 0 Å². The maximum Gasteiger partial charge on any atom is 0.196 e. The molecule has 22 heavy (non-hydrogen) atoms. The van der Waals surface area contributed by atoms with Crippen LogP contribution < -0.4 is 5.32 Å². The molecule has 0 aliphatic rings. The molecule has 0 aliphatic heterocycles. The summed E-state index contributed by atoms with van der Waals surface area (Å²) in [5.41, 5.74) is 2.07. The maximum absolute atomic E-state index is 4.51. The third-order valence-corrected chi connectivity index (χ3v) is 3.54. The van der Waals surface area contributed by atoms with Gasteiger partial charge in [0.05, 0.1) is 17.9 Å². The SMILES string of the molecule is Cn1ccc2cc(NC(CC(C)(C)C)c3nn[nH]n3)cnc21. The zero-order chi connectivity index (χ0) is 15.7. The minimum atomic E-state index is -0.0123. The minimum Gasteiger partial charge on any atom is -0.374 e. The van der Waals surface area contributed by atoms with E-state index in [1.165, 1.54) is 0 Å². The van der Waals surface area contributed by atoms with Crippen molar-refractivity contribution in [3.05, 3.63) is 30.4 Å². The Morgan fingerprint density at radius 3 is 2.86 bits per heavy atom. The molecule has 116 valence electrons. The van der Waals surface area contributed by atoms with Crippen LogP contribution in [0.25, 0.3) is 11.0 Å². The highest BCUT2D eigenvalue weighted by Crippen LogP contribution is 2.30. The fourth-order valence-electron chi connectivity index (χ4n) is 2.57. The molecular formula is C15H21N7. The average Bonchev–Trinajstić information content (AvgIpc) is 3.07. The van der Waals surface area contributed by atoms with E-state index in [1.807, 2.05) is 24.0 Å². The first kappa shape index (κ1) is 14.5. The van der Waals surface area contributed by atoms with Gasteiger partial charge in [0.15, 0.2) is 5.82 Å². The van der Waals surface area contributed by atoms with E-state index < -0.39 is 0 Å². The van der Waals surface area contributed by atoms with Crippen molar-refractivity contribution in [3.63, 3.8) is 0 Å². The molecule has 0 spiro atoms. The molecule has 0 amide bonds. The molecule has 2 N–H and O–H groups in total. The van der Waals surface area contributed by atoms with Crippen molar-refractivity contribution in [1.29, 1.82) is 0 Å². The normalized spacial score (nSPS) is 13.5. The van der Waals surface area contributed by atoms with Gasteiger partial charge in [0.25, 0.3) is 0 Å². The number of aryl methyl sites for hydroxylation is 1. The topological polar surface area (TPSA) is 84.3 Å². The van der Waals surface area contributed by atoms with Gasteiger partial charge in [-0.2, -0.15) is 5.21 Å². The Morgan fingerprint density at radius 1 is 1.36 bits per heavy atom. The number of hydrogen-bond donors (Lipinski definition) is 2. The molecular weight excluding hydrogens is 278 g/mol. The molecule has 7 heteroatoms. The number of pyridine rings is 1. The van der Waals surface area contributed by atoms with E-state index in [-0.39, 0.29) is 11.5 Å². The number of aromatic amines is 1. The molecule has 3 aromatic heterocycles. The Labute approximate surface area is 129 Å². The second-order valence-corrected chi connectivity index (χ2v) is 6.80. The Hall–Kier alpha value is -2.44. The van der Waals surface area contributed by atoms with E-state index in [0.29, 0.717) is 5.82 Å². The summed E-state index contributed by atoms with van der Waals surface area (Å²) in [5, 5.41) is 19.0. The number of hydrogen-bond acceptors (Lipinski definition) is 5. The van der Waals surface area contributed by atoms with E-state index in [9.17, 15) is 0 Å². The standard InChI is InChI=1S/C15H21N7/c1-15(2,3)8-12(13-18-20-21-19-13)17-11-7-10-5-6-22(4)14(10)16-9-11/h5-7,9,12,17H,8H2,1-4H3,(H,18,19,20,21). The van der Waals surface area contributed by atoms with Gasteiger partial charge in [-0.15, -0.1) is 10.2 Å². The summed E-state index contributed by atoms with van der Waals surface area (Å²) in [6.45, 7) is 6.58. The van der Waals surface area contributed by atoms with E-state index in [0.717, 1.165) is 23.1 Å². The lowest BCUT2D eigenvalue weighted by atomic mass is 9.87. The smallest absolute Gasteiger partial charge is 0.196 e. The molecule has 1 unspecified atom stereocenters. The van der Waals surface area contributed by atoms with Crippen molar-refractivity contribution < 1.29 is 0 Å². The zero-order valence-corrected chi connectivity index (χ0v) is 13.3. The van der Waals surface area contributed by atoms with Crippen LogP contribution in [0.15, 0.2) is 24.5 Å². The first-order valence-corrected chi connectivity index (χ1v) is 7.33. The number of tetrazole rings is 1. The molecule has 0 saturated carbocycles. The highest BCUT2D eigenvalue weighted by Gasteiger charge is 2.23. The second-order valence-electron chi connectivity index (χ2n) is 6.80. The van der Waals surface area contributed by atoms with Crippen LogP contribution in [0.5, 0.6) is 0 Å². The lowest BCUT2D eigenvalue weighted by Gasteiger charge is -2.25. The van der Waals surface area contributed by atoms with Gasteiger partial charge in [-0.1, -0.05) is 26.0 Å². The van der Waals surface area contributed by atoms with Crippen molar-refractivity contribution in [1.82, 2.24) is 30.2 Å². The second kappa shape index (κ2) is 5.40. The quantitative estimate of drug-likeness (QED) is 0.773. The summed E-state index contributed by atoms with van der Waals surface area (Å²) in [6, 6.07) is 4.14. The highest BCUT2D eigenvalue weighted by atomic mass is 15.5. The third kappa shape index (κ3) is 3.08. The minimum absolute atomic E-state index is 0.0123. The molecule has 0 aromatic carbocycles. The fraction of sp³-hybridized carbons (Fsp3) is 0.467. The predicted molar refractivity (Wildman–Crippen MR) is 85.3 cm³/mol. The van der Waals surface area contributed by atoms with E-state index in [1.54, 1.807) is 0 Å². The Balaban J connectivity index is 1.88. The zero-order valence-electron chi connectivity index (χ0n) is 13.3. The van der Waals surface area contributed by atoms with Gasteiger partial charge in [0, 0.05) is 18.6 Å². The molecule has 1 atom stereocenters. The average molecular weight is 299 g/mol. The number of nitrogens with zero attached hydrogens (tertiary/aromatic N) is 5.